The van der Waals surface area contributed by atoms with Crippen molar-refractivity contribution >= 4 is 27.2 Å². The molecular weight excluding hydrogens is 414 g/mol. The first-order valence-corrected chi connectivity index (χ1v) is 12.5. The highest BCUT2D eigenvalue weighted by Gasteiger charge is 2.20. The molecule has 0 aliphatic carbocycles. The van der Waals surface area contributed by atoms with Gasteiger partial charge in [0.25, 0.3) is 5.91 Å². The number of benzene rings is 1. The number of sulfone groups is 1. The van der Waals surface area contributed by atoms with Crippen LogP contribution in [0, 0.1) is 0 Å². The second kappa shape index (κ2) is 10.7. The Hall–Kier alpha value is -2.52. The van der Waals surface area contributed by atoms with E-state index in [0.717, 1.165) is 50.9 Å². The summed E-state index contributed by atoms with van der Waals surface area (Å²) in [6, 6.07) is 10.3. The van der Waals surface area contributed by atoms with Crippen molar-refractivity contribution in [2.75, 3.05) is 29.1 Å². The van der Waals surface area contributed by atoms with Crippen molar-refractivity contribution in [1.82, 2.24) is 10.2 Å². The lowest BCUT2D eigenvalue weighted by Crippen LogP contribution is -2.26. The average molecular weight is 446 g/mol. The number of nitrogens with one attached hydrogen (secondary N) is 1. The number of nitrogens with two attached hydrogens (primary N) is 1. The molecule has 168 valence electrons. The molecule has 31 heavy (non-hydrogen) atoms. The van der Waals surface area contributed by atoms with Crippen LogP contribution in [0.2, 0.25) is 0 Å². The van der Waals surface area contributed by atoms with Crippen LogP contribution in [-0.2, 0) is 9.84 Å². The fourth-order valence-corrected chi connectivity index (χ4v) is 4.84. The van der Waals surface area contributed by atoms with Crippen LogP contribution < -0.4 is 16.0 Å². The van der Waals surface area contributed by atoms with E-state index in [-0.39, 0.29) is 28.5 Å². The summed E-state index contributed by atoms with van der Waals surface area (Å²) in [6.45, 7) is 3.75. The zero-order valence-corrected chi connectivity index (χ0v) is 18.8. The van der Waals surface area contributed by atoms with Crippen molar-refractivity contribution in [3.8, 4) is 0 Å². The monoisotopic (exact) mass is 445 g/mol. The normalized spacial score (nSPS) is 16.5. The van der Waals surface area contributed by atoms with Crippen LogP contribution in [0.15, 0.2) is 41.4 Å². The lowest BCUT2D eigenvalue weighted by molar-refractivity contribution is 0.102. The van der Waals surface area contributed by atoms with Gasteiger partial charge < -0.3 is 16.0 Å². The minimum atomic E-state index is -3.47. The van der Waals surface area contributed by atoms with Crippen molar-refractivity contribution in [2.45, 2.75) is 56.5 Å². The molecule has 1 amide bonds. The molecule has 1 aliphatic rings. The van der Waals surface area contributed by atoms with E-state index in [2.05, 4.69) is 27.3 Å². The van der Waals surface area contributed by atoms with Gasteiger partial charge in [0.05, 0.1) is 5.75 Å². The minimum absolute atomic E-state index is 0.0596. The van der Waals surface area contributed by atoms with E-state index in [1.54, 1.807) is 6.07 Å². The number of hydrogen-bond acceptors (Lipinski definition) is 7. The fraction of sp³-hybridized carbons (Fsp3) is 0.500. The largest absolute Gasteiger partial charge is 0.370 e. The quantitative estimate of drug-likeness (QED) is 0.540. The Bertz CT molecular complexity index is 979. The van der Waals surface area contributed by atoms with Crippen molar-refractivity contribution in [3.05, 3.63) is 42.0 Å². The molecule has 1 aromatic carbocycles. The van der Waals surface area contributed by atoms with E-state index in [1.807, 2.05) is 18.2 Å². The summed E-state index contributed by atoms with van der Waals surface area (Å²) in [5, 5.41) is 10.3. The molecule has 8 nitrogen and oxygen atoms in total. The maximum Gasteiger partial charge on any atom is 0.256 e. The van der Waals surface area contributed by atoms with E-state index in [9.17, 15) is 13.2 Å². The predicted molar refractivity (Wildman–Crippen MR) is 122 cm³/mol. The van der Waals surface area contributed by atoms with Crippen LogP contribution in [0.5, 0.6) is 0 Å². The summed E-state index contributed by atoms with van der Waals surface area (Å²) < 4.78 is 24.8. The highest BCUT2D eigenvalue weighted by atomic mass is 32.2. The van der Waals surface area contributed by atoms with Crippen LogP contribution in [0.4, 0.5) is 11.5 Å². The molecule has 1 atom stereocenters. The molecule has 1 fully saturated rings. The zero-order chi connectivity index (χ0) is 22.3. The predicted octanol–water partition coefficient (Wildman–Crippen LogP) is 3.01. The van der Waals surface area contributed by atoms with Gasteiger partial charge in [-0.25, -0.2) is 8.42 Å². The van der Waals surface area contributed by atoms with Crippen LogP contribution in [-0.4, -0.2) is 49.4 Å². The Kier molecular flexibility index (Phi) is 7.97. The summed E-state index contributed by atoms with van der Waals surface area (Å²) in [4.78, 5) is 14.8. The Balaban J connectivity index is 1.59. The molecular formula is C22H31N5O3S. The molecule has 0 bridgehead atoms. The molecule has 2 heterocycles. The number of aromatic nitrogens is 2. The van der Waals surface area contributed by atoms with E-state index in [4.69, 9.17) is 5.73 Å². The van der Waals surface area contributed by atoms with Gasteiger partial charge in [-0.05, 0) is 43.2 Å². The first-order chi connectivity index (χ1) is 14.9. The Morgan fingerprint density at radius 2 is 1.97 bits per heavy atom. The average Bonchev–Trinajstić information content (AvgIpc) is 3.20. The molecule has 2 aromatic rings. The van der Waals surface area contributed by atoms with Crippen molar-refractivity contribution in [1.29, 1.82) is 0 Å². The molecule has 9 heteroatoms. The molecule has 3 rings (SSSR count). The molecule has 1 saturated heterocycles. The second-order valence-electron chi connectivity index (χ2n) is 7.99. The molecule has 1 aromatic heterocycles. The fourth-order valence-electron chi connectivity index (χ4n) is 3.61. The topological polar surface area (TPSA) is 118 Å². The van der Waals surface area contributed by atoms with Gasteiger partial charge in [-0.1, -0.05) is 38.7 Å². The van der Waals surface area contributed by atoms with Gasteiger partial charge in [-0.15, -0.1) is 10.2 Å². The second-order valence-corrected chi connectivity index (χ2v) is 10.0. The number of nitrogens with zero attached hydrogens (tertiary/aromatic N) is 3. The number of carbonyl (C=O) groups excluding carboxylic acids is 1. The number of hydrogen-bond donors (Lipinski definition) is 2. The molecule has 0 saturated carbocycles. The van der Waals surface area contributed by atoms with Gasteiger partial charge in [-0.3, -0.25) is 4.79 Å². The van der Waals surface area contributed by atoms with E-state index < -0.39 is 9.84 Å². The number of anilines is 2. The third-order valence-electron chi connectivity index (χ3n) is 5.42. The summed E-state index contributed by atoms with van der Waals surface area (Å²) in [5.74, 6) is -0.0593. The smallest absolute Gasteiger partial charge is 0.256 e. The molecule has 1 aliphatic heterocycles. The SMILES string of the molecule is CCCCCCCS(=O)(=O)c1ccc(NC(=O)c2cccc(N3CC[C@@H](N)C3)c2)nn1. The lowest BCUT2D eigenvalue weighted by atomic mass is 10.1. The summed E-state index contributed by atoms with van der Waals surface area (Å²) in [7, 11) is -3.47. The minimum Gasteiger partial charge on any atom is -0.370 e. The number of carbonyl (C=O) groups is 1. The van der Waals surface area contributed by atoms with Crippen LogP contribution in [0.25, 0.3) is 0 Å². The Morgan fingerprint density at radius 1 is 1.16 bits per heavy atom. The Labute approximate surface area is 184 Å². The van der Waals surface area contributed by atoms with Crippen molar-refractivity contribution in [2.24, 2.45) is 5.73 Å². The number of amides is 1. The first-order valence-electron chi connectivity index (χ1n) is 10.9. The van der Waals surface area contributed by atoms with Gasteiger partial charge in [0, 0.05) is 30.4 Å². The van der Waals surface area contributed by atoms with Gasteiger partial charge in [0.2, 0.25) is 0 Å². The summed E-state index contributed by atoms with van der Waals surface area (Å²) in [5.41, 5.74) is 7.41. The molecule has 0 radical (unpaired) electrons. The number of rotatable bonds is 10. The summed E-state index contributed by atoms with van der Waals surface area (Å²) >= 11 is 0. The third-order valence-corrected chi connectivity index (χ3v) is 7.10. The van der Waals surface area contributed by atoms with E-state index in [1.165, 1.54) is 12.1 Å². The molecule has 3 N–H and O–H groups in total. The van der Waals surface area contributed by atoms with Crippen molar-refractivity contribution in [3.63, 3.8) is 0 Å². The summed E-state index contributed by atoms with van der Waals surface area (Å²) in [6.07, 6.45) is 5.69. The van der Waals surface area contributed by atoms with Gasteiger partial charge >= 0.3 is 0 Å². The highest BCUT2D eigenvalue weighted by Crippen LogP contribution is 2.21. The van der Waals surface area contributed by atoms with Gasteiger partial charge in [-0.2, -0.15) is 0 Å². The lowest BCUT2D eigenvalue weighted by Gasteiger charge is -2.18. The van der Waals surface area contributed by atoms with Crippen LogP contribution >= 0.6 is 0 Å². The standard InChI is InChI=1S/C22H31N5O3S/c1-2-3-4-5-6-14-31(29,30)21-11-10-20(25-26-21)24-22(28)17-8-7-9-19(15-17)27-13-12-18(23)16-27/h7-11,15,18H,2-6,12-14,16,23H2,1H3,(H,24,25,28)/t18-/m1/s1. The maximum absolute atomic E-state index is 12.6. The van der Waals surface area contributed by atoms with Crippen LogP contribution in [0.1, 0.15) is 55.8 Å². The van der Waals surface area contributed by atoms with Crippen LogP contribution in [0.3, 0.4) is 0 Å². The molecule has 0 unspecified atom stereocenters. The maximum atomic E-state index is 12.6. The number of unbranched alkanes of at least 4 members (excludes halogenated alkanes) is 4. The molecule has 0 spiro atoms. The van der Waals surface area contributed by atoms with Gasteiger partial charge in [0.15, 0.2) is 20.7 Å². The van der Waals surface area contributed by atoms with E-state index in [0.29, 0.717) is 12.0 Å². The van der Waals surface area contributed by atoms with E-state index >= 15 is 0 Å². The zero-order valence-electron chi connectivity index (χ0n) is 18.0. The van der Waals surface area contributed by atoms with Crippen molar-refractivity contribution < 1.29 is 13.2 Å². The first kappa shape index (κ1) is 23.1. The van der Waals surface area contributed by atoms with Gasteiger partial charge in [0.1, 0.15) is 0 Å². The Morgan fingerprint density at radius 3 is 2.65 bits per heavy atom. The highest BCUT2D eigenvalue weighted by molar-refractivity contribution is 7.91. The third kappa shape index (κ3) is 6.48.